The third-order valence-electron chi connectivity index (χ3n) is 2.28. The first kappa shape index (κ1) is 13.5. The van der Waals surface area contributed by atoms with Crippen molar-refractivity contribution in [1.82, 2.24) is 0 Å². The summed E-state index contributed by atoms with van der Waals surface area (Å²) in [6.45, 7) is 4.44. The van der Waals surface area contributed by atoms with Crippen molar-refractivity contribution in [3.8, 4) is 0 Å². The molecule has 0 rings (SSSR count). The van der Waals surface area contributed by atoms with E-state index in [1.165, 1.54) is 51.4 Å². The highest BCUT2D eigenvalue weighted by Crippen LogP contribution is 2.02. The van der Waals surface area contributed by atoms with Gasteiger partial charge in [0.1, 0.15) is 0 Å². The molecule has 0 radical (unpaired) electrons. The molecule has 0 aliphatic rings. The molecule has 0 bridgehead atoms. The Morgan fingerprint density at radius 3 is 1.79 bits per heavy atom. The number of hydrogen-bond donors (Lipinski definition) is 0. The highest BCUT2D eigenvalue weighted by atomic mass is 13.9. The van der Waals surface area contributed by atoms with Crippen LogP contribution < -0.4 is 0 Å². The van der Waals surface area contributed by atoms with Crippen LogP contribution in [0.2, 0.25) is 0 Å². The third kappa shape index (κ3) is 11.5. The van der Waals surface area contributed by atoms with E-state index in [2.05, 4.69) is 38.2 Å². The lowest BCUT2D eigenvalue weighted by atomic mass is 10.1. The van der Waals surface area contributed by atoms with Gasteiger partial charge in [0.2, 0.25) is 0 Å². The summed E-state index contributed by atoms with van der Waals surface area (Å²) >= 11 is 0. The second kappa shape index (κ2) is 12.5. The van der Waals surface area contributed by atoms with Gasteiger partial charge in [-0.1, -0.05) is 51.0 Å². The molecule has 0 atom stereocenters. The van der Waals surface area contributed by atoms with Crippen molar-refractivity contribution in [2.24, 2.45) is 0 Å². The normalized spacial score (nSPS) is 11.9. The first-order valence-electron chi connectivity index (χ1n) is 6.21. The average molecular weight is 194 g/mol. The maximum Gasteiger partial charge on any atom is -0.0348 e. The van der Waals surface area contributed by atoms with Gasteiger partial charge < -0.3 is 0 Å². The summed E-state index contributed by atoms with van der Waals surface area (Å²) in [5, 5.41) is 0. The van der Waals surface area contributed by atoms with Crippen LogP contribution >= 0.6 is 0 Å². The Morgan fingerprint density at radius 2 is 1.21 bits per heavy atom. The van der Waals surface area contributed by atoms with Gasteiger partial charge in [-0.05, 0) is 38.5 Å². The Balaban J connectivity index is 3.07. The van der Waals surface area contributed by atoms with Crippen LogP contribution in [0.1, 0.15) is 65.2 Å². The van der Waals surface area contributed by atoms with Crippen LogP contribution in [-0.2, 0) is 0 Å². The maximum absolute atomic E-state index is 2.35. The summed E-state index contributed by atoms with van der Waals surface area (Å²) in [4.78, 5) is 0. The van der Waals surface area contributed by atoms with Crippen LogP contribution in [-0.4, -0.2) is 0 Å². The monoisotopic (exact) mass is 194 g/mol. The molecule has 0 aromatic carbocycles. The Morgan fingerprint density at radius 1 is 0.643 bits per heavy atom. The first-order valence-corrected chi connectivity index (χ1v) is 6.21. The van der Waals surface area contributed by atoms with Crippen LogP contribution in [0.4, 0.5) is 0 Å². The molecular weight excluding hydrogens is 168 g/mol. The van der Waals surface area contributed by atoms with Gasteiger partial charge in [-0.25, -0.2) is 0 Å². The van der Waals surface area contributed by atoms with Gasteiger partial charge in [0, 0.05) is 0 Å². The van der Waals surface area contributed by atoms with E-state index in [0.717, 1.165) is 0 Å². The Kier molecular flexibility index (Phi) is 12.0. The minimum atomic E-state index is 1.17. The van der Waals surface area contributed by atoms with Crippen molar-refractivity contribution < 1.29 is 0 Å². The third-order valence-corrected chi connectivity index (χ3v) is 2.28. The molecule has 0 saturated heterocycles. The molecule has 0 aromatic rings. The second-order valence-electron chi connectivity index (χ2n) is 3.78. The van der Waals surface area contributed by atoms with Crippen molar-refractivity contribution in [3.63, 3.8) is 0 Å². The van der Waals surface area contributed by atoms with E-state index in [4.69, 9.17) is 0 Å². The van der Waals surface area contributed by atoms with E-state index in [1.54, 1.807) is 0 Å². The van der Waals surface area contributed by atoms with E-state index in [0.29, 0.717) is 0 Å². The molecule has 0 saturated carbocycles. The largest absolute Gasteiger partial charge is 0.0888 e. The fourth-order valence-corrected chi connectivity index (χ4v) is 1.39. The molecule has 0 aromatic heterocycles. The van der Waals surface area contributed by atoms with Gasteiger partial charge in [-0.3, -0.25) is 0 Å². The van der Waals surface area contributed by atoms with Gasteiger partial charge in [-0.2, -0.15) is 0 Å². The summed E-state index contributed by atoms with van der Waals surface area (Å²) < 4.78 is 0. The Labute approximate surface area is 90.1 Å². The highest BCUT2D eigenvalue weighted by molar-refractivity contribution is 4.84. The lowest BCUT2D eigenvalue weighted by Crippen LogP contribution is -1.72. The van der Waals surface area contributed by atoms with E-state index in [9.17, 15) is 0 Å². The lowest BCUT2D eigenvalue weighted by Gasteiger charge is -1.92. The van der Waals surface area contributed by atoms with Gasteiger partial charge in [0.15, 0.2) is 0 Å². The molecule has 0 heteroatoms. The van der Waals surface area contributed by atoms with Crippen molar-refractivity contribution in [3.05, 3.63) is 24.3 Å². The van der Waals surface area contributed by atoms with Crippen LogP contribution in [0.5, 0.6) is 0 Å². The molecule has 0 aliphatic carbocycles. The quantitative estimate of drug-likeness (QED) is 0.347. The molecular formula is C14H26. The van der Waals surface area contributed by atoms with Crippen LogP contribution in [0.3, 0.4) is 0 Å². The van der Waals surface area contributed by atoms with E-state index in [1.807, 2.05) is 0 Å². The molecule has 0 heterocycles. The lowest BCUT2D eigenvalue weighted by molar-refractivity contribution is 0.727. The maximum atomic E-state index is 2.35. The summed E-state index contributed by atoms with van der Waals surface area (Å²) in [7, 11) is 0. The second-order valence-corrected chi connectivity index (χ2v) is 3.78. The van der Waals surface area contributed by atoms with E-state index in [-0.39, 0.29) is 0 Å². The molecule has 0 amide bonds. The fraction of sp³-hybridized carbons (Fsp3) is 0.714. The highest BCUT2D eigenvalue weighted by Gasteiger charge is 1.82. The average Bonchev–Trinajstić information content (AvgIpc) is 2.21. The zero-order valence-electron chi connectivity index (χ0n) is 9.97. The minimum absolute atomic E-state index is 1.17. The smallest absolute Gasteiger partial charge is 0.0348 e. The van der Waals surface area contributed by atoms with Crippen LogP contribution in [0.25, 0.3) is 0 Å². The van der Waals surface area contributed by atoms with Crippen LogP contribution in [0, 0.1) is 0 Å². The summed E-state index contributed by atoms with van der Waals surface area (Å²) in [6.07, 6.45) is 19.6. The summed E-state index contributed by atoms with van der Waals surface area (Å²) in [5.74, 6) is 0. The molecule has 0 nitrogen and oxygen atoms in total. The van der Waals surface area contributed by atoms with Gasteiger partial charge in [0.25, 0.3) is 0 Å². The van der Waals surface area contributed by atoms with Crippen molar-refractivity contribution in [2.75, 3.05) is 0 Å². The number of unbranched alkanes of at least 4 members (excludes halogenated alkanes) is 5. The molecule has 0 fully saturated rings. The predicted molar refractivity (Wildman–Crippen MR) is 66.6 cm³/mol. The molecule has 0 aliphatic heterocycles. The number of hydrogen-bond acceptors (Lipinski definition) is 0. The molecule has 82 valence electrons. The zero-order valence-corrected chi connectivity index (χ0v) is 9.97. The standard InChI is InChI=1S/C14H26/c1-3-5-7-9-11-13-14-12-10-8-6-4-2/h5,7,12,14H,3-4,6,8-11,13H2,1-2H3. The van der Waals surface area contributed by atoms with Crippen molar-refractivity contribution >= 4 is 0 Å². The van der Waals surface area contributed by atoms with E-state index >= 15 is 0 Å². The van der Waals surface area contributed by atoms with Gasteiger partial charge in [0.05, 0.1) is 0 Å². The number of rotatable bonds is 9. The minimum Gasteiger partial charge on any atom is -0.0888 e. The molecule has 0 N–H and O–H groups in total. The topological polar surface area (TPSA) is 0 Å². The van der Waals surface area contributed by atoms with Crippen molar-refractivity contribution in [1.29, 1.82) is 0 Å². The SMILES string of the molecule is CCC=CCCCC=CCCCCC. The number of allylic oxidation sites excluding steroid dienone is 4. The summed E-state index contributed by atoms with van der Waals surface area (Å²) in [6, 6.07) is 0. The van der Waals surface area contributed by atoms with Crippen LogP contribution in [0.15, 0.2) is 24.3 Å². The Hall–Kier alpha value is -0.520. The zero-order chi connectivity index (χ0) is 10.5. The van der Waals surface area contributed by atoms with E-state index < -0.39 is 0 Å². The predicted octanol–water partition coefficient (Wildman–Crippen LogP) is 5.26. The summed E-state index contributed by atoms with van der Waals surface area (Å²) in [5.41, 5.74) is 0. The molecule has 0 unspecified atom stereocenters. The first-order chi connectivity index (χ1) is 6.91. The Bertz CT molecular complexity index is 142. The van der Waals surface area contributed by atoms with Crippen molar-refractivity contribution in [2.45, 2.75) is 65.2 Å². The molecule has 0 spiro atoms. The fourth-order valence-electron chi connectivity index (χ4n) is 1.39. The van der Waals surface area contributed by atoms with Gasteiger partial charge in [-0.15, -0.1) is 0 Å². The molecule has 14 heavy (non-hydrogen) atoms. The van der Waals surface area contributed by atoms with Gasteiger partial charge >= 0.3 is 0 Å².